The summed E-state index contributed by atoms with van der Waals surface area (Å²) in [7, 11) is 1.77. The Morgan fingerprint density at radius 1 is 1.05 bits per heavy atom. The molecule has 1 aliphatic rings. The van der Waals surface area contributed by atoms with Crippen molar-refractivity contribution in [1.29, 1.82) is 0 Å². The van der Waals surface area contributed by atoms with Gasteiger partial charge in [0, 0.05) is 43.0 Å². The molecule has 1 N–H and O–H groups in total. The van der Waals surface area contributed by atoms with Gasteiger partial charge in [0.25, 0.3) is 5.91 Å². The molecule has 2 amide bonds. The number of halogens is 3. The number of amides is 2. The fourth-order valence-corrected chi connectivity index (χ4v) is 4.06. The maximum absolute atomic E-state index is 12.8. The van der Waals surface area contributed by atoms with Gasteiger partial charge in [-0.2, -0.15) is 18.3 Å². The van der Waals surface area contributed by atoms with Crippen LogP contribution in [0.1, 0.15) is 43.1 Å². The molecule has 0 saturated carbocycles. The minimum Gasteiger partial charge on any atom is -0.488 e. The summed E-state index contributed by atoms with van der Waals surface area (Å²) in [4.78, 5) is 26.8. The number of ether oxygens (including phenoxy) is 2. The van der Waals surface area contributed by atoms with E-state index in [1.807, 2.05) is 20.8 Å². The van der Waals surface area contributed by atoms with Crippen LogP contribution in [0.5, 0.6) is 5.75 Å². The van der Waals surface area contributed by atoms with E-state index in [1.54, 1.807) is 47.1 Å². The SMILES string of the molecule is Cn1nccc1-c1cc(NC(=O)c2ccc(C(F)(F)F)cc2)ccc1OC1CCN(C(=O)OC(C)(C)C)C1. The van der Waals surface area contributed by atoms with E-state index in [2.05, 4.69) is 10.4 Å². The van der Waals surface area contributed by atoms with E-state index in [0.29, 0.717) is 36.5 Å². The van der Waals surface area contributed by atoms with Gasteiger partial charge in [-0.1, -0.05) is 0 Å². The number of carbonyl (C=O) groups is 2. The fraction of sp³-hybridized carbons (Fsp3) is 0.370. The molecule has 1 unspecified atom stereocenters. The largest absolute Gasteiger partial charge is 0.488 e. The molecule has 11 heteroatoms. The summed E-state index contributed by atoms with van der Waals surface area (Å²) in [6.45, 7) is 6.31. The predicted octanol–water partition coefficient (Wildman–Crippen LogP) is 5.75. The summed E-state index contributed by atoms with van der Waals surface area (Å²) in [5, 5.41) is 6.94. The van der Waals surface area contributed by atoms with E-state index in [1.165, 1.54) is 0 Å². The van der Waals surface area contributed by atoms with Crippen molar-refractivity contribution in [2.75, 3.05) is 18.4 Å². The zero-order valence-electron chi connectivity index (χ0n) is 21.5. The van der Waals surface area contributed by atoms with Crippen LogP contribution in [0.15, 0.2) is 54.7 Å². The Bertz CT molecular complexity index is 1310. The second kappa shape index (κ2) is 10.4. The van der Waals surface area contributed by atoms with Gasteiger partial charge in [0.2, 0.25) is 0 Å². The molecule has 1 fully saturated rings. The van der Waals surface area contributed by atoms with E-state index in [9.17, 15) is 22.8 Å². The monoisotopic (exact) mass is 530 g/mol. The van der Waals surface area contributed by atoms with E-state index in [0.717, 1.165) is 30.0 Å². The van der Waals surface area contributed by atoms with Crippen molar-refractivity contribution >= 4 is 17.7 Å². The van der Waals surface area contributed by atoms with Crippen molar-refractivity contribution < 1.29 is 32.2 Å². The third-order valence-corrected chi connectivity index (χ3v) is 5.90. The topological polar surface area (TPSA) is 85.7 Å². The molecule has 0 spiro atoms. The molecule has 0 aliphatic carbocycles. The Hall–Kier alpha value is -4.02. The number of aryl methyl sites for hydroxylation is 1. The maximum Gasteiger partial charge on any atom is 0.416 e. The molecule has 1 atom stereocenters. The van der Waals surface area contributed by atoms with Crippen LogP contribution in [0.25, 0.3) is 11.3 Å². The minimum absolute atomic E-state index is 0.0913. The normalized spacial score (nSPS) is 15.9. The summed E-state index contributed by atoms with van der Waals surface area (Å²) in [6.07, 6.45) is -2.88. The third-order valence-electron chi connectivity index (χ3n) is 5.90. The molecule has 2 aromatic carbocycles. The van der Waals surface area contributed by atoms with Gasteiger partial charge in [-0.05, 0) is 69.3 Å². The Kier molecular flexibility index (Phi) is 7.39. The van der Waals surface area contributed by atoms with Gasteiger partial charge in [-0.15, -0.1) is 0 Å². The number of anilines is 1. The average Bonchev–Trinajstić information content (AvgIpc) is 3.47. The van der Waals surface area contributed by atoms with Crippen molar-refractivity contribution in [2.24, 2.45) is 7.05 Å². The minimum atomic E-state index is -4.48. The summed E-state index contributed by atoms with van der Waals surface area (Å²) in [5.41, 5.74) is 0.488. The molecular formula is C27H29F3N4O4. The van der Waals surface area contributed by atoms with Crippen LogP contribution in [0.4, 0.5) is 23.7 Å². The molecule has 3 aromatic rings. The van der Waals surface area contributed by atoms with Gasteiger partial charge in [-0.3, -0.25) is 9.48 Å². The maximum atomic E-state index is 12.8. The summed E-state index contributed by atoms with van der Waals surface area (Å²) < 4.78 is 51.9. The van der Waals surface area contributed by atoms with Crippen LogP contribution in [0, 0.1) is 0 Å². The molecule has 1 saturated heterocycles. The van der Waals surface area contributed by atoms with Crippen LogP contribution in [-0.2, 0) is 18.0 Å². The highest BCUT2D eigenvalue weighted by Gasteiger charge is 2.32. The molecule has 202 valence electrons. The molecule has 0 bridgehead atoms. The Labute approximate surface area is 218 Å². The molecule has 4 rings (SSSR count). The Morgan fingerprint density at radius 2 is 1.76 bits per heavy atom. The molecule has 2 heterocycles. The van der Waals surface area contributed by atoms with Crippen molar-refractivity contribution in [3.8, 4) is 17.0 Å². The number of benzene rings is 2. The van der Waals surface area contributed by atoms with Crippen molar-refractivity contribution in [2.45, 2.75) is 45.1 Å². The first-order chi connectivity index (χ1) is 17.8. The van der Waals surface area contributed by atoms with E-state index in [4.69, 9.17) is 9.47 Å². The standard InChI is InChI=1S/C27H29F3N4O4/c1-26(2,3)38-25(36)34-14-12-20(16-34)37-23-10-9-19(15-21(23)22-11-13-31-33(22)4)32-24(35)17-5-7-18(8-6-17)27(28,29)30/h5-11,13,15,20H,12,14,16H2,1-4H3,(H,32,35). The molecule has 1 aliphatic heterocycles. The van der Waals surface area contributed by atoms with E-state index in [-0.39, 0.29) is 11.7 Å². The smallest absolute Gasteiger partial charge is 0.416 e. The average molecular weight is 531 g/mol. The Morgan fingerprint density at radius 3 is 2.37 bits per heavy atom. The summed E-state index contributed by atoms with van der Waals surface area (Å²) in [5.74, 6) is -0.00990. The summed E-state index contributed by atoms with van der Waals surface area (Å²) in [6, 6.07) is 10.9. The number of likely N-dealkylation sites (tertiary alicyclic amines) is 1. The van der Waals surface area contributed by atoms with Crippen molar-refractivity contribution in [3.05, 3.63) is 65.9 Å². The van der Waals surface area contributed by atoms with Gasteiger partial charge in [0.15, 0.2) is 0 Å². The first-order valence-corrected chi connectivity index (χ1v) is 12.1. The lowest BCUT2D eigenvalue weighted by molar-refractivity contribution is -0.137. The zero-order valence-corrected chi connectivity index (χ0v) is 21.5. The third kappa shape index (κ3) is 6.45. The van der Waals surface area contributed by atoms with Crippen LogP contribution >= 0.6 is 0 Å². The van der Waals surface area contributed by atoms with Gasteiger partial charge in [-0.25, -0.2) is 4.79 Å². The highest BCUT2D eigenvalue weighted by Crippen LogP contribution is 2.35. The van der Waals surface area contributed by atoms with Crippen LogP contribution in [0.2, 0.25) is 0 Å². The molecule has 1 aromatic heterocycles. The lowest BCUT2D eigenvalue weighted by Crippen LogP contribution is -2.36. The van der Waals surface area contributed by atoms with E-state index < -0.39 is 29.3 Å². The molecular weight excluding hydrogens is 501 g/mol. The number of carbonyl (C=O) groups excluding carboxylic acids is 2. The van der Waals surface area contributed by atoms with Gasteiger partial charge in [0.05, 0.1) is 17.8 Å². The number of rotatable bonds is 5. The number of nitrogens with one attached hydrogen (secondary N) is 1. The van der Waals surface area contributed by atoms with Crippen LogP contribution in [0.3, 0.4) is 0 Å². The number of hydrogen-bond acceptors (Lipinski definition) is 5. The van der Waals surface area contributed by atoms with Crippen LogP contribution < -0.4 is 10.1 Å². The van der Waals surface area contributed by atoms with Crippen LogP contribution in [-0.4, -0.2) is 51.5 Å². The first-order valence-electron chi connectivity index (χ1n) is 12.1. The lowest BCUT2D eigenvalue weighted by Gasteiger charge is -2.24. The number of aromatic nitrogens is 2. The number of hydrogen-bond donors (Lipinski definition) is 1. The quantitative estimate of drug-likeness (QED) is 0.454. The number of alkyl halides is 3. The van der Waals surface area contributed by atoms with Gasteiger partial charge >= 0.3 is 12.3 Å². The van der Waals surface area contributed by atoms with E-state index >= 15 is 0 Å². The second-order valence-corrected chi connectivity index (χ2v) is 10.0. The van der Waals surface area contributed by atoms with Gasteiger partial charge in [0.1, 0.15) is 17.5 Å². The van der Waals surface area contributed by atoms with Gasteiger partial charge < -0.3 is 19.7 Å². The fourth-order valence-electron chi connectivity index (χ4n) is 4.06. The second-order valence-electron chi connectivity index (χ2n) is 10.0. The molecule has 0 radical (unpaired) electrons. The zero-order chi connectivity index (χ0) is 27.7. The van der Waals surface area contributed by atoms with Crippen molar-refractivity contribution in [3.63, 3.8) is 0 Å². The highest BCUT2D eigenvalue weighted by atomic mass is 19.4. The number of nitrogens with zero attached hydrogens (tertiary/aromatic N) is 3. The molecule has 8 nitrogen and oxygen atoms in total. The van der Waals surface area contributed by atoms with Crippen molar-refractivity contribution in [1.82, 2.24) is 14.7 Å². The predicted molar refractivity (Wildman–Crippen MR) is 135 cm³/mol. The Balaban J connectivity index is 1.52. The lowest BCUT2D eigenvalue weighted by atomic mass is 10.1. The molecule has 38 heavy (non-hydrogen) atoms. The first kappa shape index (κ1) is 27.0. The summed E-state index contributed by atoms with van der Waals surface area (Å²) >= 11 is 0. The highest BCUT2D eigenvalue weighted by molar-refractivity contribution is 6.04.